The number of carbonyl (C=O) groups excluding carboxylic acids is 1. The first-order chi connectivity index (χ1) is 12.2. The molecule has 0 bridgehead atoms. The second-order valence-electron chi connectivity index (χ2n) is 6.42. The van der Waals surface area contributed by atoms with Crippen LogP contribution in [-0.4, -0.2) is 37.6 Å². The molecule has 0 saturated carbocycles. The van der Waals surface area contributed by atoms with Crippen LogP contribution >= 0.6 is 0 Å². The number of nitrogens with zero attached hydrogens (tertiary/aromatic N) is 1. The zero-order valence-corrected chi connectivity index (χ0v) is 14.9. The second-order valence-corrected chi connectivity index (χ2v) is 6.42. The van der Waals surface area contributed by atoms with Gasteiger partial charge in [0.05, 0.1) is 13.7 Å². The molecule has 1 heterocycles. The maximum Gasteiger partial charge on any atom is 0.253 e. The molecule has 1 fully saturated rings. The fourth-order valence-corrected chi connectivity index (χ4v) is 3.35. The maximum absolute atomic E-state index is 12.7. The Hall–Kier alpha value is -2.49. The minimum absolute atomic E-state index is 0.0961. The van der Waals surface area contributed by atoms with Gasteiger partial charge in [-0.15, -0.1) is 0 Å². The third kappa shape index (κ3) is 4.32. The molecule has 0 aromatic heterocycles. The van der Waals surface area contributed by atoms with Crippen molar-refractivity contribution in [1.29, 1.82) is 0 Å². The molecule has 0 radical (unpaired) electrons. The third-order valence-corrected chi connectivity index (χ3v) is 4.65. The predicted octanol–water partition coefficient (Wildman–Crippen LogP) is 3.80. The van der Waals surface area contributed by atoms with E-state index in [4.69, 9.17) is 9.47 Å². The van der Waals surface area contributed by atoms with E-state index >= 15 is 0 Å². The van der Waals surface area contributed by atoms with E-state index in [-0.39, 0.29) is 5.91 Å². The van der Waals surface area contributed by atoms with Gasteiger partial charge in [0.25, 0.3) is 5.91 Å². The minimum Gasteiger partial charge on any atom is -0.497 e. The number of benzene rings is 2. The predicted molar refractivity (Wildman–Crippen MR) is 98.3 cm³/mol. The van der Waals surface area contributed by atoms with Crippen molar-refractivity contribution in [2.45, 2.75) is 19.8 Å². The van der Waals surface area contributed by atoms with Crippen molar-refractivity contribution in [3.05, 3.63) is 59.7 Å². The van der Waals surface area contributed by atoms with Gasteiger partial charge in [0.2, 0.25) is 0 Å². The smallest absolute Gasteiger partial charge is 0.253 e. The summed E-state index contributed by atoms with van der Waals surface area (Å²) in [6.45, 7) is 4.17. The van der Waals surface area contributed by atoms with Gasteiger partial charge in [-0.05, 0) is 61.6 Å². The normalized spacial score (nSPS) is 16.7. The van der Waals surface area contributed by atoms with Gasteiger partial charge in [-0.3, -0.25) is 4.79 Å². The van der Waals surface area contributed by atoms with Crippen molar-refractivity contribution in [2.75, 3.05) is 26.8 Å². The van der Waals surface area contributed by atoms with Crippen LogP contribution in [0, 0.1) is 5.92 Å². The van der Waals surface area contributed by atoms with Crippen LogP contribution in [0.15, 0.2) is 48.5 Å². The van der Waals surface area contributed by atoms with Gasteiger partial charge in [-0.2, -0.15) is 0 Å². The number of rotatable bonds is 6. The Morgan fingerprint density at radius 1 is 1.16 bits per heavy atom. The molecule has 0 spiro atoms. The largest absolute Gasteiger partial charge is 0.497 e. The van der Waals surface area contributed by atoms with E-state index in [1.807, 2.05) is 48.2 Å². The number of likely N-dealkylation sites (tertiary alicyclic amines) is 1. The molecular weight excluding hydrogens is 314 g/mol. The molecule has 0 aliphatic carbocycles. The fourth-order valence-electron chi connectivity index (χ4n) is 3.35. The van der Waals surface area contributed by atoms with Crippen molar-refractivity contribution in [3.8, 4) is 11.5 Å². The monoisotopic (exact) mass is 339 g/mol. The van der Waals surface area contributed by atoms with Gasteiger partial charge in [-0.1, -0.05) is 18.2 Å². The Labute approximate surface area is 149 Å². The lowest BCUT2D eigenvalue weighted by molar-refractivity contribution is 0.0786. The molecule has 1 saturated heterocycles. The molecule has 4 nitrogen and oxygen atoms in total. The van der Waals surface area contributed by atoms with Gasteiger partial charge >= 0.3 is 0 Å². The Morgan fingerprint density at radius 2 is 1.96 bits per heavy atom. The van der Waals surface area contributed by atoms with Crippen LogP contribution in [0.4, 0.5) is 0 Å². The van der Waals surface area contributed by atoms with E-state index in [2.05, 4.69) is 12.1 Å². The summed E-state index contributed by atoms with van der Waals surface area (Å²) < 4.78 is 10.7. The molecule has 4 heteroatoms. The highest BCUT2D eigenvalue weighted by molar-refractivity contribution is 5.94. The molecule has 3 rings (SSSR count). The molecule has 25 heavy (non-hydrogen) atoms. The van der Waals surface area contributed by atoms with Gasteiger partial charge in [0.1, 0.15) is 11.5 Å². The van der Waals surface area contributed by atoms with Crippen LogP contribution in [0.1, 0.15) is 29.3 Å². The molecule has 1 aliphatic heterocycles. The number of hydrogen-bond acceptors (Lipinski definition) is 3. The number of carbonyl (C=O) groups is 1. The lowest BCUT2D eigenvalue weighted by Crippen LogP contribution is -2.28. The summed E-state index contributed by atoms with van der Waals surface area (Å²) in [5.74, 6) is 2.23. The van der Waals surface area contributed by atoms with Gasteiger partial charge in [0, 0.05) is 18.7 Å². The van der Waals surface area contributed by atoms with E-state index in [0.29, 0.717) is 18.1 Å². The maximum atomic E-state index is 12.7. The minimum atomic E-state index is 0.0961. The van der Waals surface area contributed by atoms with E-state index in [1.165, 1.54) is 5.56 Å². The Kier molecular flexibility index (Phi) is 5.59. The molecule has 1 amide bonds. The number of amides is 1. The number of hydrogen-bond donors (Lipinski definition) is 0. The Morgan fingerprint density at radius 3 is 2.68 bits per heavy atom. The molecule has 1 atom stereocenters. The molecule has 1 aliphatic rings. The second kappa shape index (κ2) is 8.06. The first kappa shape index (κ1) is 17.3. The highest BCUT2D eigenvalue weighted by Crippen LogP contribution is 2.24. The zero-order valence-electron chi connectivity index (χ0n) is 14.9. The number of methoxy groups -OCH3 is 1. The first-order valence-electron chi connectivity index (χ1n) is 8.84. The average molecular weight is 339 g/mol. The van der Waals surface area contributed by atoms with Crippen LogP contribution in [0.2, 0.25) is 0 Å². The van der Waals surface area contributed by atoms with Crippen molar-refractivity contribution in [1.82, 2.24) is 4.90 Å². The molecule has 2 aromatic rings. The SMILES string of the molecule is CCOc1cccc(C(=O)N2CCC(Cc3ccc(OC)cc3)C2)c1. The molecule has 2 aromatic carbocycles. The van der Waals surface area contributed by atoms with Gasteiger partial charge in [-0.25, -0.2) is 0 Å². The first-order valence-corrected chi connectivity index (χ1v) is 8.84. The van der Waals surface area contributed by atoms with E-state index in [9.17, 15) is 4.79 Å². The average Bonchev–Trinajstić information content (AvgIpc) is 3.11. The Bertz CT molecular complexity index is 711. The van der Waals surface area contributed by atoms with Crippen molar-refractivity contribution in [3.63, 3.8) is 0 Å². The lowest BCUT2D eigenvalue weighted by atomic mass is 9.99. The summed E-state index contributed by atoms with van der Waals surface area (Å²) >= 11 is 0. The van der Waals surface area contributed by atoms with Crippen molar-refractivity contribution >= 4 is 5.91 Å². The van der Waals surface area contributed by atoms with Crippen molar-refractivity contribution < 1.29 is 14.3 Å². The van der Waals surface area contributed by atoms with Crippen molar-refractivity contribution in [2.24, 2.45) is 5.92 Å². The quantitative estimate of drug-likeness (QED) is 0.803. The summed E-state index contributed by atoms with van der Waals surface area (Å²) in [6, 6.07) is 15.7. The summed E-state index contributed by atoms with van der Waals surface area (Å²) in [5.41, 5.74) is 1.99. The highest BCUT2D eigenvalue weighted by atomic mass is 16.5. The molecule has 0 N–H and O–H groups in total. The van der Waals surface area contributed by atoms with Crippen LogP contribution in [0.25, 0.3) is 0 Å². The van der Waals surface area contributed by atoms with Crippen LogP contribution in [0.3, 0.4) is 0 Å². The molecule has 132 valence electrons. The standard InChI is InChI=1S/C21H25NO3/c1-3-25-20-6-4-5-18(14-20)21(23)22-12-11-17(15-22)13-16-7-9-19(24-2)10-8-16/h4-10,14,17H,3,11-13,15H2,1-2H3. The molecular formula is C21H25NO3. The zero-order chi connectivity index (χ0) is 17.6. The van der Waals surface area contributed by atoms with Crippen LogP contribution in [-0.2, 0) is 6.42 Å². The highest BCUT2D eigenvalue weighted by Gasteiger charge is 2.27. The summed E-state index contributed by atoms with van der Waals surface area (Å²) in [7, 11) is 1.68. The van der Waals surface area contributed by atoms with E-state index < -0.39 is 0 Å². The summed E-state index contributed by atoms with van der Waals surface area (Å²) in [5, 5.41) is 0. The van der Waals surface area contributed by atoms with Crippen LogP contribution < -0.4 is 9.47 Å². The lowest BCUT2D eigenvalue weighted by Gasteiger charge is -2.17. The molecule has 1 unspecified atom stereocenters. The van der Waals surface area contributed by atoms with Gasteiger partial charge < -0.3 is 14.4 Å². The summed E-state index contributed by atoms with van der Waals surface area (Å²) in [4.78, 5) is 14.7. The van der Waals surface area contributed by atoms with Gasteiger partial charge in [0.15, 0.2) is 0 Å². The van der Waals surface area contributed by atoms with E-state index in [1.54, 1.807) is 7.11 Å². The summed E-state index contributed by atoms with van der Waals surface area (Å²) in [6.07, 6.45) is 2.04. The topological polar surface area (TPSA) is 38.8 Å². The van der Waals surface area contributed by atoms with E-state index in [0.717, 1.165) is 37.4 Å². The van der Waals surface area contributed by atoms with Crippen LogP contribution in [0.5, 0.6) is 11.5 Å². The fraction of sp³-hybridized carbons (Fsp3) is 0.381. The third-order valence-electron chi connectivity index (χ3n) is 4.65. The Balaban J connectivity index is 1.59. The number of ether oxygens (including phenoxy) is 2.